The van der Waals surface area contributed by atoms with E-state index in [1.165, 1.54) is 38.2 Å². The van der Waals surface area contributed by atoms with Crippen molar-refractivity contribution in [2.45, 2.75) is 18.9 Å². The van der Waals surface area contributed by atoms with Gasteiger partial charge in [0.05, 0.1) is 18.0 Å². The summed E-state index contributed by atoms with van der Waals surface area (Å²) in [6.45, 7) is 4.51. The van der Waals surface area contributed by atoms with Crippen LogP contribution in [0.15, 0.2) is 198 Å². The van der Waals surface area contributed by atoms with Crippen LogP contribution in [0.3, 0.4) is 0 Å². The molecule has 51 heavy (non-hydrogen) atoms. The molecule has 6 aromatic carbocycles. The first-order valence-electron chi connectivity index (χ1n) is 17.4. The van der Waals surface area contributed by atoms with Gasteiger partial charge in [-0.05, 0) is 91.8 Å². The van der Waals surface area contributed by atoms with Crippen LogP contribution in [0.2, 0.25) is 0 Å². The predicted octanol–water partition coefficient (Wildman–Crippen LogP) is 12.1. The summed E-state index contributed by atoms with van der Waals surface area (Å²) >= 11 is 0. The highest BCUT2D eigenvalue weighted by molar-refractivity contribution is 6.14. The van der Waals surface area contributed by atoms with E-state index >= 15 is 0 Å². The second-order valence-electron chi connectivity index (χ2n) is 12.9. The first-order chi connectivity index (χ1) is 25.2. The maximum Gasteiger partial charge on any atom is 0.0716 e. The minimum Gasteiger partial charge on any atom is -0.280 e. The van der Waals surface area contributed by atoms with Crippen LogP contribution in [0.25, 0.3) is 49.5 Å². The van der Waals surface area contributed by atoms with Gasteiger partial charge in [0, 0.05) is 23.9 Å². The minimum absolute atomic E-state index is 0.260. The zero-order valence-corrected chi connectivity index (χ0v) is 28.4. The van der Waals surface area contributed by atoms with Crippen molar-refractivity contribution in [3.8, 4) is 22.3 Å². The second kappa shape index (κ2) is 14.6. The van der Waals surface area contributed by atoms with E-state index in [1.54, 1.807) is 6.20 Å². The van der Waals surface area contributed by atoms with E-state index in [0.29, 0.717) is 6.54 Å². The normalized spacial score (nSPS) is 14.8. The highest BCUT2D eigenvalue weighted by Gasteiger charge is 2.18. The quantitative estimate of drug-likeness (QED) is 0.113. The fraction of sp³-hybridized carbons (Fsp3) is 0.0625. The summed E-state index contributed by atoms with van der Waals surface area (Å²) in [4.78, 5) is 14.0. The third kappa shape index (κ3) is 6.88. The number of benzene rings is 6. The van der Waals surface area contributed by atoms with Crippen LogP contribution in [0, 0.1) is 0 Å². The number of rotatable bonds is 9. The summed E-state index contributed by atoms with van der Waals surface area (Å²) in [5.74, 6) is 0.260. The number of pyridine rings is 1. The molecule has 1 heterocycles. The molecule has 1 atom stereocenters. The van der Waals surface area contributed by atoms with Gasteiger partial charge in [0.2, 0.25) is 0 Å². The van der Waals surface area contributed by atoms with Crippen molar-refractivity contribution in [1.29, 1.82) is 0 Å². The lowest BCUT2D eigenvalue weighted by Crippen LogP contribution is -2.06. The van der Waals surface area contributed by atoms with E-state index < -0.39 is 0 Å². The molecule has 3 nitrogen and oxygen atoms in total. The summed E-state index contributed by atoms with van der Waals surface area (Å²) in [6, 6.07) is 51.4. The Bertz CT molecular complexity index is 2450. The van der Waals surface area contributed by atoms with Crippen LogP contribution < -0.4 is 0 Å². The first-order valence-corrected chi connectivity index (χ1v) is 17.4. The minimum atomic E-state index is 0.260. The van der Waals surface area contributed by atoms with Crippen LogP contribution >= 0.6 is 0 Å². The van der Waals surface area contributed by atoms with Crippen molar-refractivity contribution in [1.82, 2.24) is 4.98 Å². The molecule has 3 heteroatoms. The van der Waals surface area contributed by atoms with Crippen molar-refractivity contribution in [3.63, 3.8) is 0 Å². The Balaban J connectivity index is 1.12. The molecule has 0 N–H and O–H groups in total. The van der Waals surface area contributed by atoms with Gasteiger partial charge in [-0.2, -0.15) is 0 Å². The third-order valence-electron chi connectivity index (χ3n) is 9.71. The third-order valence-corrected chi connectivity index (χ3v) is 9.71. The van der Waals surface area contributed by atoms with Gasteiger partial charge in [0.1, 0.15) is 0 Å². The highest BCUT2D eigenvalue weighted by atomic mass is 14.8. The van der Waals surface area contributed by atoms with Crippen LogP contribution in [-0.2, 0) is 6.54 Å². The maximum absolute atomic E-state index is 5.21. The summed E-state index contributed by atoms with van der Waals surface area (Å²) in [5, 5.41) is 5.17. The van der Waals surface area contributed by atoms with E-state index in [0.717, 1.165) is 45.7 Å². The maximum atomic E-state index is 5.21. The van der Waals surface area contributed by atoms with E-state index in [9.17, 15) is 0 Å². The summed E-state index contributed by atoms with van der Waals surface area (Å²) in [7, 11) is 0. The van der Waals surface area contributed by atoms with E-state index in [2.05, 4.69) is 174 Å². The molecule has 244 valence electrons. The molecule has 0 spiro atoms. The van der Waals surface area contributed by atoms with Gasteiger partial charge in [-0.1, -0.05) is 152 Å². The van der Waals surface area contributed by atoms with Gasteiger partial charge in [0.25, 0.3) is 0 Å². The molecule has 1 aromatic heterocycles. The number of aromatic nitrogens is 1. The summed E-state index contributed by atoms with van der Waals surface area (Å²) in [5.41, 5.74) is 10.8. The van der Waals surface area contributed by atoms with Gasteiger partial charge in [-0.25, -0.2) is 0 Å². The molecule has 0 amide bonds. The molecule has 1 aliphatic carbocycles. The molecule has 0 saturated heterocycles. The van der Waals surface area contributed by atoms with Gasteiger partial charge in [-0.15, -0.1) is 0 Å². The molecular formula is C48H37N3. The molecular weight excluding hydrogens is 619 g/mol. The van der Waals surface area contributed by atoms with Gasteiger partial charge >= 0.3 is 0 Å². The van der Waals surface area contributed by atoms with Crippen molar-refractivity contribution < 1.29 is 0 Å². The monoisotopic (exact) mass is 655 g/mol. The average Bonchev–Trinajstić information content (AvgIpc) is 3.22. The first kappa shape index (κ1) is 31.8. The fourth-order valence-electron chi connectivity index (χ4n) is 6.98. The van der Waals surface area contributed by atoms with E-state index in [1.807, 2.05) is 18.3 Å². The van der Waals surface area contributed by atoms with Gasteiger partial charge < -0.3 is 0 Å². The van der Waals surface area contributed by atoms with Crippen molar-refractivity contribution in [2.75, 3.05) is 0 Å². The number of hydrogen-bond acceptors (Lipinski definition) is 3. The lowest BCUT2D eigenvalue weighted by atomic mass is 9.84. The predicted molar refractivity (Wildman–Crippen MR) is 216 cm³/mol. The molecule has 0 fully saturated rings. The Morgan fingerprint density at radius 3 is 2.08 bits per heavy atom. The molecule has 0 saturated carbocycles. The summed E-state index contributed by atoms with van der Waals surface area (Å²) < 4.78 is 0. The Kier molecular flexibility index (Phi) is 9.09. The van der Waals surface area contributed by atoms with Crippen LogP contribution in [0.5, 0.6) is 0 Å². The molecule has 1 aliphatic rings. The SMILES string of the molecule is C=N/C(=C\C(=NCc1ccc(-c2ccccc2)cc1)C1=CCC(c2cc3ccccc3c3ccccc23)C=C1)c1ccc(-c2cccnc2)cc1. The average molecular weight is 656 g/mol. The Morgan fingerprint density at radius 1 is 0.686 bits per heavy atom. The topological polar surface area (TPSA) is 37.6 Å². The van der Waals surface area contributed by atoms with E-state index in [4.69, 9.17) is 4.99 Å². The van der Waals surface area contributed by atoms with Gasteiger partial charge in [0.15, 0.2) is 0 Å². The molecule has 0 aliphatic heterocycles. The molecule has 0 radical (unpaired) electrons. The molecule has 8 rings (SSSR count). The second-order valence-corrected chi connectivity index (χ2v) is 12.9. The Morgan fingerprint density at radius 2 is 1.35 bits per heavy atom. The molecule has 0 bridgehead atoms. The number of aliphatic imine (C=N–C) groups is 2. The Labute approximate surface area is 299 Å². The number of hydrogen-bond donors (Lipinski definition) is 0. The highest BCUT2D eigenvalue weighted by Crippen LogP contribution is 2.37. The smallest absolute Gasteiger partial charge is 0.0716 e. The van der Waals surface area contributed by atoms with Crippen molar-refractivity contribution >= 4 is 39.7 Å². The largest absolute Gasteiger partial charge is 0.280 e. The number of nitrogens with zero attached hydrogens (tertiary/aromatic N) is 3. The zero-order valence-electron chi connectivity index (χ0n) is 28.4. The van der Waals surface area contributed by atoms with Crippen molar-refractivity contribution in [2.24, 2.45) is 9.98 Å². The Hall–Kier alpha value is -6.45. The summed E-state index contributed by atoms with van der Waals surface area (Å²) in [6.07, 6.45) is 13.5. The van der Waals surface area contributed by atoms with E-state index in [-0.39, 0.29) is 5.92 Å². The van der Waals surface area contributed by atoms with Crippen LogP contribution in [0.1, 0.15) is 29.0 Å². The molecule has 1 unspecified atom stereocenters. The lowest BCUT2D eigenvalue weighted by molar-refractivity contribution is 0.859. The molecule has 7 aromatic rings. The van der Waals surface area contributed by atoms with Crippen LogP contribution in [-0.4, -0.2) is 17.4 Å². The zero-order chi connectivity index (χ0) is 34.4. The van der Waals surface area contributed by atoms with Crippen LogP contribution in [0.4, 0.5) is 0 Å². The lowest BCUT2D eigenvalue weighted by Gasteiger charge is -2.20. The van der Waals surface area contributed by atoms with Crippen molar-refractivity contribution in [3.05, 3.63) is 205 Å². The number of fused-ring (bicyclic) bond motifs is 3. The van der Waals surface area contributed by atoms with Gasteiger partial charge in [-0.3, -0.25) is 15.0 Å². The fourth-order valence-corrected chi connectivity index (χ4v) is 6.98. The standard InChI is InChI=1S/C48H37N3/c1-49-47(39-25-21-37(22-26-39)42-13-9-29-50-33-42)31-48(51-32-34-17-19-36(20-18-34)35-10-3-2-4-11-35)40-27-23-38(24-28-40)46-30-41-12-5-6-14-43(41)44-15-7-8-16-45(44)46/h2-23,25-31,33,38H,1,24,32H2/b47-31-,51-48?. The number of allylic oxidation sites excluding steroid dienone is 5.